The zero-order valence-corrected chi connectivity index (χ0v) is 15.5. The van der Waals surface area contributed by atoms with E-state index in [4.69, 9.17) is 9.15 Å². The molecule has 0 saturated heterocycles. The molecule has 3 aromatic rings. The summed E-state index contributed by atoms with van der Waals surface area (Å²) in [5.41, 5.74) is 5.28. The van der Waals surface area contributed by atoms with Crippen molar-refractivity contribution in [2.45, 2.75) is 45.2 Å². The van der Waals surface area contributed by atoms with E-state index in [1.807, 2.05) is 12.1 Å². The highest BCUT2D eigenvalue weighted by atomic mass is 16.5. The van der Waals surface area contributed by atoms with Crippen LogP contribution in [0.3, 0.4) is 0 Å². The van der Waals surface area contributed by atoms with Gasteiger partial charge in [-0.05, 0) is 54.5 Å². The van der Waals surface area contributed by atoms with Gasteiger partial charge in [-0.1, -0.05) is 31.2 Å². The summed E-state index contributed by atoms with van der Waals surface area (Å²) in [5, 5.41) is 1.02. The minimum atomic E-state index is -0.284. The molecule has 1 unspecified atom stereocenters. The highest BCUT2D eigenvalue weighted by Gasteiger charge is 2.30. The Labute approximate surface area is 158 Å². The van der Waals surface area contributed by atoms with E-state index in [-0.39, 0.29) is 5.63 Å². The molecule has 0 radical (unpaired) electrons. The number of hydrogen-bond acceptors (Lipinski definition) is 4. The van der Waals surface area contributed by atoms with Gasteiger partial charge in [0.05, 0.1) is 5.56 Å². The van der Waals surface area contributed by atoms with Crippen molar-refractivity contribution in [1.29, 1.82) is 0 Å². The SMILES string of the molecule is CCc1cc(=O)oc2c3c(ccc12)OCN(C1CCCc2ccccc21)C3. The van der Waals surface area contributed by atoms with Crippen molar-refractivity contribution in [3.63, 3.8) is 0 Å². The molecule has 0 saturated carbocycles. The minimum absolute atomic E-state index is 0.284. The van der Waals surface area contributed by atoms with Gasteiger partial charge in [-0.15, -0.1) is 0 Å². The van der Waals surface area contributed by atoms with Gasteiger partial charge in [0.1, 0.15) is 18.1 Å². The first kappa shape index (κ1) is 16.6. The van der Waals surface area contributed by atoms with E-state index in [1.165, 1.54) is 17.5 Å². The number of ether oxygens (including phenoxy) is 1. The summed E-state index contributed by atoms with van der Waals surface area (Å²) in [4.78, 5) is 14.4. The van der Waals surface area contributed by atoms with E-state index < -0.39 is 0 Å². The third-order valence-corrected chi connectivity index (χ3v) is 5.96. The van der Waals surface area contributed by atoms with Crippen LogP contribution in [0.2, 0.25) is 0 Å². The maximum atomic E-state index is 12.1. The molecule has 1 atom stereocenters. The van der Waals surface area contributed by atoms with Crippen LogP contribution < -0.4 is 10.4 Å². The Morgan fingerprint density at radius 1 is 1.19 bits per heavy atom. The lowest BCUT2D eigenvalue weighted by Gasteiger charge is -2.38. The van der Waals surface area contributed by atoms with Gasteiger partial charge in [-0.25, -0.2) is 4.79 Å². The fourth-order valence-corrected chi connectivity index (χ4v) is 4.62. The van der Waals surface area contributed by atoms with Gasteiger partial charge in [-0.3, -0.25) is 4.90 Å². The average molecular weight is 361 g/mol. The van der Waals surface area contributed by atoms with Gasteiger partial charge < -0.3 is 9.15 Å². The van der Waals surface area contributed by atoms with Gasteiger partial charge in [-0.2, -0.15) is 0 Å². The molecule has 2 aliphatic rings. The topological polar surface area (TPSA) is 42.7 Å². The summed E-state index contributed by atoms with van der Waals surface area (Å²) in [6.07, 6.45) is 4.28. The lowest BCUT2D eigenvalue weighted by molar-refractivity contribution is 0.0482. The van der Waals surface area contributed by atoms with Gasteiger partial charge >= 0.3 is 5.63 Å². The Bertz CT molecular complexity index is 1070. The quantitative estimate of drug-likeness (QED) is 0.627. The Balaban J connectivity index is 1.58. The molecule has 4 heteroatoms. The van der Waals surface area contributed by atoms with Crippen LogP contribution in [0.15, 0.2) is 51.7 Å². The van der Waals surface area contributed by atoms with Crippen molar-refractivity contribution in [3.05, 3.63) is 75.1 Å². The van der Waals surface area contributed by atoms with Crippen molar-refractivity contribution >= 4 is 11.0 Å². The Kier molecular flexibility index (Phi) is 4.01. The number of benzene rings is 2. The monoisotopic (exact) mass is 361 g/mol. The van der Waals surface area contributed by atoms with Crippen molar-refractivity contribution < 1.29 is 9.15 Å². The molecule has 27 heavy (non-hydrogen) atoms. The molecule has 0 spiro atoms. The van der Waals surface area contributed by atoms with Crippen LogP contribution in [0.4, 0.5) is 0 Å². The summed E-state index contributed by atoms with van der Waals surface area (Å²) in [6.45, 7) is 3.37. The predicted octanol–water partition coefficient (Wildman–Crippen LogP) is 4.58. The second-order valence-electron chi connectivity index (χ2n) is 7.49. The van der Waals surface area contributed by atoms with Crippen LogP contribution in [0.1, 0.15) is 48.1 Å². The normalized spacial score (nSPS) is 19.4. The number of hydrogen-bond donors (Lipinski definition) is 0. The maximum Gasteiger partial charge on any atom is 0.336 e. The second kappa shape index (κ2) is 6.54. The molecular weight excluding hydrogens is 338 g/mol. The van der Waals surface area contributed by atoms with E-state index in [1.54, 1.807) is 6.07 Å². The van der Waals surface area contributed by atoms with Crippen molar-refractivity contribution in [3.8, 4) is 5.75 Å². The van der Waals surface area contributed by atoms with Gasteiger partial charge in [0.15, 0.2) is 0 Å². The van der Waals surface area contributed by atoms with Gasteiger partial charge in [0, 0.05) is 24.0 Å². The second-order valence-corrected chi connectivity index (χ2v) is 7.49. The molecule has 0 amide bonds. The summed E-state index contributed by atoms with van der Waals surface area (Å²) < 4.78 is 11.7. The fraction of sp³-hybridized carbons (Fsp3) is 0.348. The molecule has 138 valence electrons. The smallest absolute Gasteiger partial charge is 0.336 e. The molecule has 0 fully saturated rings. The maximum absolute atomic E-state index is 12.1. The molecule has 2 aromatic carbocycles. The zero-order chi connectivity index (χ0) is 18.4. The first-order chi connectivity index (χ1) is 13.2. The molecule has 5 rings (SSSR count). The van der Waals surface area contributed by atoms with E-state index in [9.17, 15) is 4.79 Å². The molecule has 0 bridgehead atoms. The van der Waals surface area contributed by atoms with Crippen molar-refractivity contribution in [2.75, 3.05) is 6.73 Å². The standard InChI is InChI=1S/C23H23NO3/c1-2-15-12-22(25)27-23-18(15)10-11-21-19(23)13-24(14-26-21)20-9-5-7-16-6-3-4-8-17(16)20/h3-4,6,8,10-12,20H,2,5,7,9,13-14H2,1H3. The lowest BCUT2D eigenvalue weighted by Crippen LogP contribution is -2.37. The zero-order valence-electron chi connectivity index (χ0n) is 15.5. The summed E-state index contributed by atoms with van der Waals surface area (Å²) in [5.74, 6) is 0.833. The van der Waals surface area contributed by atoms with Crippen LogP contribution in [-0.2, 0) is 19.4 Å². The number of nitrogens with zero attached hydrogens (tertiary/aromatic N) is 1. The van der Waals surface area contributed by atoms with Crippen molar-refractivity contribution in [2.24, 2.45) is 0 Å². The predicted molar refractivity (Wildman–Crippen MR) is 105 cm³/mol. The van der Waals surface area contributed by atoms with Crippen LogP contribution in [0.25, 0.3) is 11.0 Å². The van der Waals surface area contributed by atoms with Crippen molar-refractivity contribution in [1.82, 2.24) is 4.90 Å². The van der Waals surface area contributed by atoms with Crippen LogP contribution in [0.5, 0.6) is 5.75 Å². The number of aryl methyl sites for hydroxylation is 2. The third-order valence-electron chi connectivity index (χ3n) is 5.96. The van der Waals surface area contributed by atoms with Gasteiger partial charge in [0.25, 0.3) is 0 Å². The highest BCUT2D eigenvalue weighted by molar-refractivity contribution is 5.85. The van der Waals surface area contributed by atoms with Crippen LogP contribution in [-0.4, -0.2) is 11.6 Å². The molecule has 4 nitrogen and oxygen atoms in total. The first-order valence-corrected chi connectivity index (χ1v) is 9.78. The first-order valence-electron chi connectivity index (χ1n) is 9.78. The van der Waals surface area contributed by atoms with Gasteiger partial charge in [0.2, 0.25) is 0 Å². The molecule has 0 N–H and O–H groups in total. The minimum Gasteiger partial charge on any atom is -0.478 e. The van der Waals surface area contributed by atoms with Crippen LogP contribution >= 0.6 is 0 Å². The lowest BCUT2D eigenvalue weighted by atomic mass is 9.86. The summed E-state index contributed by atoms with van der Waals surface area (Å²) >= 11 is 0. The molecule has 2 heterocycles. The summed E-state index contributed by atoms with van der Waals surface area (Å²) in [7, 11) is 0. The number of fused-ring (bicyclic) bond motifs is 4. The average Bonchev–Trinajstić information content (AvgIpc) is 2.72. The third kappa shape index (κ3) is 2.76. The highest BCUT2D eigenvalue weighted by Crippen LogP contribution is 2.40. The molecule has 1 aliphatic carbocycles. The van der Waals surface area contributed by atoms with E-state index in [0.29, 0.717) is 18.4 Å². The van der Waals surface area contributed by atoms with Crippen LogP contribution in [0, 0.1) is 0 Å². The number of rotatable bonds is 2. The van der Waals surface area contributed by atoms with E-state index >= 15 is 0 Å². The Morgan fingerprint density at radius 3 is 2.96 bits per heavy atom. The summed E-state index contributed by atoms with van der Waals surface area (Å²) in [6, 6.07) is 14.7. The Hall–Kier alpha value is -2.59. The fourth-order valence-electron chi connectivity index (χ4n) is 4.62. The van der Waals surface area contributed by atoms with E-state index in [0.717, 1.165) is 48.1 Å². The molecular formula is C23H23NO3. The molecule has 1 aromatic heterocycles. The molecule has 1 aliphatic heterocycles. The Morgan fingerprint density at radius 2 is 2.07 bits per heavy atom. The largest absolute Gasteiger partial charge is 0.478 e. The van der Waals surface area contributed by atoms with E-state index in [2.05, 4.69) is 36.1 Å².